The monoisotopic (exact) mass is 322 g/mol. The molecule has 2 aromatic carbocycles. The quantitative estimate of drug-likeness (QED) is 0.730. The van der Waals surface area contributed by atoms with E-state index in [0.717, 1.165) is 11.1 Å². The Kier molecular flexibility index (Phi) is 4.30. The topological polar surface area (TPSA) is 59.1 Å². The fourth-order valence-electron chi connectivity index (χ4n) is 2.11. The molecule has 0 aliphatic heterocycles. The third-order valence-electron chi connectivity index (χ3n) is 3.34. The first kappa shape index (κ1) is 15.1. The minimum atomic E-state index is -0.242. The molecule has 0 bridgehead atoms. The maximum atomic E-state index is 12.2. The van der Waals surface area contributed by atoms with E-state index in [-0.39, 0.29) is 11.7 Å². The molecule has 1 N–H and O–H groups in total. The van der Waals surface area contributed by atoms with E-state index >= 15 is 0 Å². The maximum absolute atomic E-state index is 12.2. The second-order valence-electron chi connectivity index (χ2n) is 4.99. The van der Waals surface area contributed by atoms with Crippen molar-refractivity contribution in [1.29, 1.82) is 0 Å². The first-order valence-corrected chi connectivity index (χ1v) is 7.95. The molecule has 0 spiro atoms. The minimum absolute atomic E-state index is 0.117. The molecule has 0 aliphatic rings. The smallest absolute Gasteiger partial charge is 0.257 e. The Balaban J connectivity index is 1.73. The normalized spacial score (nSPS) is 10.3. The van der Waals surface area contributed by atoms with Gasteiger partial charge in [0.25, 0.3) is 5.91 Å². The van der Waals surface area contributed by atoms with Crippen molar-refractivity contribution in [3.05, 3.63) is 71.2 Å². The number of Topliss-reactive ketones (excluding diaryl/α,β-unsaturated/α-hetero) is 1. The Hall–Kier alpha value is -2.79. The van der Waals surface area contributed by atoms with Gasteiger partial charge in [-0.3, -0.25) is 14.9 Å². The van der Waals surface area contributed by atoms with Gasteiger partial charge in [0.15, 0.2) is 10.9 Å². The van der Waals surface area contributed by atoms with Crippen molar-refractivity contribution in [3.8, 4) is 11.1 Å². The van der Waals surface area contributed by atoms with E-state index in [4.69, 9.17) is 0 Å². The molecule has 0 aliphatic carbocycles. The highest BCUT2D eigenvalue weighted by atomic mass is 32.1. The van der Waals surface area contributed by atoms with E-state index in [1.807, 2.05) is 42.5 Å². The highest BCUT2D eigenvalue weighted by Gasteiger charge is 2.11. The number of rotatable bonds is 4. The second kappa shape index (κ2) is 6.54. The van der Waals surface area contributed by atoms with Crippen molar-refractivity contribution in [2.75, 3.05) is 5.32 Å². The van der Waals surface area contributed by atoms with Crippen LogP contribution in [0.15, 0.2) is 60.0 Å². The lowest BCUT2D eigenvalue weighted by atomic mass is 10.0. The molecule has 0 fully saturated rings. The summed E-state index contributed by atoms with van der Waals surface area (Å²) in [5, 5.41) is 4.77. The van der Waals surface area contributed by atoms with Crippen molar-refractivity contribution in [3.63, 3.8) is 0 Å². The lowest BCUT2D eigenvalue weighted by molar-refractivity contribution is 0.100. The number of nitrogens with one attached hydrogen (secondary N) is 1. The van der Waals surface area contributed by atoms with Crippen LogP contribution in [0.1, 0.15) is 27.8 Å². The zero-order valence-electron chi connectivity index (χ0n) is 12.4. The standard InChI is InChI=1S/C18H14N2O2S/c1-12(21)16-11-23-18(19-16)20-17(22)15-9-7-14(8-10-15)13-5-3-2-4-6-13/h2-11H,1H3,(H,19,20,22). The van der Waals surface area contributed by atoms with Gasteiger partial charge in [-0.15, -0.1) is 11.3 Å². The molecule has 1 heterocycles. The third kappa shape index (κ3) is 3.52. The molecular weight excluding hydrogens is 308 g/mol. The molecule has 23 heavy (non-hydrogen) atoms. The Labute approximate surface area is 137 Å². The molecule has 0 radical (unpaired) electrons. The van der Waals surface area contributed by atoms with Crippen LogP contribution < -0.4 is 5.32 Å². The molecule has 3 aromatic rings. The molecule has 5 heteroatoms. The minimum Gasteiger partial charge on any atom is -0.298 e. The number of nitrogens with zero attached hydrogens (tertiary/aromatic N) is 1. The number of thiazole rings is 1. The molecule has 0 unspecified atom stereocenters. The molecule has 1 aromatic heterocycles. The number of hydrogen-bond donors (Lipinski definition) is 1. The first-order valence-electron chi connectivity index (χ1n) is 7.07. The van der Waals surface area contributed by atoms with Crippen molar-refractivity contribution >= 4 is 28.2 Å². The number of amides is 1. The van der Waals surface area contributed by atoms with E-state index < -0.39 is 0 Å². The van der Waals surface area contributed by atoms with Gasteiger partial charge in [0.1, 0.15) is 5.69 Å². The first-order chi connectivity index (χ1) is 11.1. The number of hydrogen-bond acceptors (Lipinski definition) is 4. The second-order valence-corrected chi connectivity index (χ2v) is 5.85. The number of benzene rings is 2. The van der Waals surface area contributed by atoms with Gasteiger partial charge < -0.3 is 0 Å². The number of carbonyl (C=O) groups is 2. The van der Waals surface area contributed by atoms with Crippen LogP contribution in [0.2, 0.25) is 0 Å². The van der Waals surface area contributed by atoms with Crippen LogP contribution in [0, 0.1) is 0 Å². The highest BCUT2D eigenvalue weighted by Crippen LogP contribution is 2.20. The van der Waals surface area contributed by atoms with E-state index in [1.165, 1.54) is 18.3 Å². The summed E-state index contributed by atoms with van der Waals surface area (Å²) in [4.78, 5) is 27.5. The zero-order valence-corrected chi connectivity index (χ0v) is 13.3. The van der Waals surface area contributed by atoms with Crippen molar-refractivity contribution < 1.29 is 9.59 Å². The summed E-state index contributed by atoms with van der Waals surface area (Å²) in [7, 11) is 0. The van der Waals surface area contributed by atoms with Crippen LogP contribution in [0.3, 0.4) is 0 Å². The van der Waals surface area contributed by atoms with Gasteiger partial charge >= 0.3 is 0 Å². The molecule has 1 amide bonds. The van der Waals surface area contributed by atoms with Crippen molar-refractivity contribution in [2.45, 2.75) is 6.92 Å². The molecule has 0 atom stereocenters. The Morgan fingerprint density at radius 3 is 2.22 bits per heavy atom. The predicted octanol–water partition coefficient (Wildman–Crippen LogP) is 4.27. The lowest BCUT2D eigenvalue weighted by Crippen LogP contribution is -2.11. The molecular formula is C18H14N2O2S. The van der Waals surface area contributed by atoms with Crippen LogP contribution in [0.25, 0.3) is 11.1 Å². The van der Waals surface area contributed by atoms with Crippen molar-refractivity contribution in [1.82, 2.24) is 4.98 Å². The molecule has 114 valence electrons. The summed E-state index contributed by atoms with van der Waals surface area (Å²) >= 11 is 1.24. The van der Waals surface area contributed by atoms with Crippen LogP contribution >= 0.6 is 11.3 Å². The van der Waals surface area contributed by atoms with Gasteiger partial charge in [-0.25, -0.2) is 4.98 Å². The number of anilines is 1. The van der Waals surface area contributed by atoms with Gasteiger partial charge in [-0.1, -0.05) is 42.5 Å². The van der Waals surface area contributed by atoms with Gasteiger partial charge in [0.05, 0.1) is 0 Å². The zero-order chi connectivity index (χ0) is 16.2. The summed E-state index contributed by atoms with van der Waals surface area (Å²) < 4.78 is 0. The van der Waals surface area contributed by atoms with E-state index in [2.05, 4.69) is 10.3 Å². The van der Waals surface area contributed by atoms with E-state index in [9.17, 15) is 9.59 Å². The fraction of sp³-hybridized carbons (Fsp3) is 0.0556. The third-order valence-corrected chi connectivity index (χ3v) is 4.10. The molecule has 3 rings (SSSR count). The van der Waals surface area contributed by atoms with Gasteiger partial charge in [0.2, 0.25) is 0 Å². The van der Waals surface area contributed by atoms with E-state index in [0.29, 0.717) is 16.4 Å². The predicted molar refractivity (Wildman–Crippen MR) is 91.9 cm³/mol. The Morgan fingerprint density at radius 1 is 0.957 bits per heavy atom. The highest BCUT2D eigenvalue weighted by molar-refractivity contribution is 7.14. The summed E-state index contributed by atoms with van der Waals surface area (Å²) in [6.07, 6.45) is 0. The summed E-state index contributed by atoms with van der Waals surface area (Å²) in [5.74, 6) is -0.358. The molecule has 0 saturated carbocycles. The number of aromatic nitrogens is 1. The average Bonchev–Trinajstić information content (AvgIpc) is 3.04. The SMILES string of the molecule is CC(=O)c1csc(NC(=O)c2ccc(-c3ccccc3)cc2)n1. The Morgan fingerprint density at radius 2 is 1.61 bits per heavy atom. The van der Waals surface area contributed by atoms with Crippen LogP contribution in [-0.2, 0) is 0 Å². The van der Waals surface area contributed by atoms with Gasteiger partial charge in [-0.2, -0.15) is 0 Å². The molecule has 4 nitrogen and oxygen atoms in total. The Bertz CT molecular complexity index is 839. The fourth-order valence-corrected chi connectivity index (χ4v) is 2.85. The van der Waals surface area contributed by atoms with Crippen LogP contribution in [0.4, 0.5) is 5.13 Å². The molecule has 0 saturated heterocycles. The maximum Gasteiger partial charge on any atom is 0.257 e. The summed E-state index contributed by atoms with van der Waals surface area (Å²) in [6, 6.07) is 17.3. The van der Waals surface area contributed by atoms with Crippen LogP contribution in [0.5, 0.6) is 0 Å². The average molecular weight is 322 g/mol. The van der Waals surface area contributed by atoms with Crippen molar-refractivity contribution in [2.24, 2.45) is 0 Å². The number of ketones is 1. The largest absolute Gasteiger partial charge is 0.298 e. The number of carbonyl (C=O) groups excluding carboxylic acids is 2. The summed E-state index contributed by atoms with van der Waals surface area (Å²) in [5.41, 5.74) is 3.06. The van der Waals surface area contributed by atoms with E-state index in [1.54, 1.807) is 17.5 Å². The van der Waals surface area contributed by atoms with Gasteiger partial charge in [-0.05, 0) is 23.3 Å². The lowest BCUT2D eigenvalue weighted by Gasteiger charge is -2.04. The van der Waals surface area contributed by atoms with Crippen LogP contribution in [-0.4, -0.2) is 16.7 Å². The summed E-state index contributed by atoms with van der Waals surface area (Å²) in [6.45, 7) is 1.45. The van der Waals surface area contributed by atoms with Gasteiger partial charge in [0, 0.05) is 17.9 Å².